The molecule has 0 radical (unpaired) electrons. The van der Waals surface area contributed by atoms with E-state index < -0.39 is 6.10 Å². The van der Waals surface area contributed by atoms with Gasteiger partial charge in [0.2, 0.25) is 0 Å². The number of hydrogen-bond acceptors (Lipinski definition) is 4. The molecule has 0 saturated carbocycles. The fourth-order valence-electron chi connectivity index (χ4n) is 2.47. The largest absolute Gasteiger partial charge is 0.497 e. The van der Waals surface area contributed by atoms with Crippen LogP contribution in [0.4, 0.5) is 0 Å². The maximum atomic E-state index is 10.3. The summed E-state index contributed by atoms with van der Waals surface area (Å²) in [6.45, 7) is 5.83. The lowest BCUT2D eigenvalue weighted by atomic mass is 10.2. The molecule has 0 bridgehead atoms. The molecule has 134 valence electrons. The number of methoxy groups -OCH3 is 1. The minimum Gasteiger partial charge on any atom is -0.497 e. The first-order valence-electron chi connectivity index (χ1n) is 8.14. The summed E-state index contributed by atoms with van der Waals surface area (Å²) in [6.07, 6.45) is 1.19. The van der Waals surface area contributed by atoms with Gasteiger partial charge in [-0.25, -0.2) is 0 Å². The van der Waals surface area contributed by atoms with Gasteiger partial charge in [-0.3, -0.25) is 4.90 Å². The Bertz CT molecular complexity index is 660. The SMILES string of the molecule is C=CCN(Cc1ccc(OC)cc1)CC(O)COc1ccccc1Cl. The van der Waals surface area contributed by atoms with Gasteiger partial charge >= 0.3 is 0 Å². The van der Waals surface area contributed by atoms with Crippen molar-refractivity contribution in [3.8, 4) is 11.5 Å². The topological polar surface area (TPSA) is 41.9 Å². The Morgan fingerprint density at radius 2 is 1.92 bits per heavy atom. The van der Waals surface area contributed by atoms with Gasteiger partial charge in [-0.2, -0.15) is 0 Å². The molecule has 0 aliphatic heterocycles. The smallest absolute Gasteiger partial charge is 0.138 e. The number of halogens is 1. The quantitative estimate of drug-likeness (QED) is 0.654. The Morgan fingerprint density at radius 3 is 2.56 bits per heavy atom. The first-order valence-corrected chi connectivity index (χ1v) is 8.51. The Kier molecular flexibility index (Phi) is 7.79. The van der Waals surface area contributed by atoms with Gasteiger partial charge < -0.3 is 14.6 Å². The van der Waals surface area contributed by atoms with E-state index >= 15 is 0 Å². The second-order valence-electron chi connectivity index (χ2n) is 5.73. The molecule has 25 heavy (non-hydrogen) atoms. The third-order valence-electron chi connectivity index (χ3n) is 3.69. The Morgan fingerprint density at radius 1 is 1.20 bits per heavy atom. The first kappa shape index (κ1) is 19.3. The molecule has 0 spiro atoms. The summed E-state index contributed by atoms with van der Waals surface area (Å²) < 4.78 is 10.8. The van der Waals surface area contributed by atoms with E-state index in [2.05, 4.69) is 11.5 Å². The van der Waals surface area contributed by atoms with Crippen molar-refractivity contribution in [1.29, 1.82) is 0 Å². The summed E-state index contributed by atoms with van der Waals surface area (Å²) in [6, 6.07) is 15.1. The Labute approximate surface area is 154 Å². The molecule has 1 unspecified atom stereocenters. The van der Waals surface area contributed by atoms with E-state index in [4.69, 9.17) is 21.1 Å². The van der Waals surface area contributed by atoms with Gasteiger partial charge in [0.05, 0.1) is 12.1 Å². The van der Waals surface area contributed by atoms with Crippen LogP contribution in [0.3, 0.4) is 0 Å². The highest BCUT2D eigenvalue weighted by Gasteiger charge is 2.13. The van der Waals surface area contributed by atoms with Gasteiger partial charge in [-0.1, -0.05) is 41.9 Å². The van der Waals surface area contributed by atoms with Gasteiger partial charge in [0.25, 0.3) is 0 Å². The number of benzene rings is 2. The van der Waals surface area contributed by atoms with Crippen LogP contribution in [0.2, 0.25) is 5.02 Å². The van der Waals surface area contributed by atoms with E-state index in [1.165, 1.54) is 0 Å². The van der Waals surface area contributed by atoms with Gasteiger partial charge in [0, 0.05) is 19.6 Å². The van der Waals surface area contributed by atoms with Crippen LogP contribution in [-0.4, -0.2) is 42.9 Å². The van der Waals surface area contributed by atoms with Crippen molar-refractivity contribution in [2.24, 2.45) is 0 Å². The van der Waals surface area contributed by atoms with E-state index in [9.17, 15) is 5.11 Å². The molecule has 0 heterocycles. The van der Waals surface area contributed by atoms with Crippen molar-refractivity contribution < 1.29 is 14.6 Å². The van der Waals surface area contributed by atoms with E-state index in [0.717, 1.165) is 11.3 Å². The molecule has 1 atom stereocenters. The lowest BCUT2D eigenvalue weighted by Gasteiger charge is -2.24. The zero-order chi connectivity index (χ0) is 18.1. The lowest BCUT2D eigenvalue weighted by Crippen LogP contribution is -2.35. The maximum absolute atomic E-state index is 10.3. The number of aliphatic hydroxyl groups excluding tert-OH is 1. The van der Waals surface area contributed by atoms with Gasteiger partial charge in [0.15, 0.2) is 0 Å². The molecule has 0 fully saturated rings. The third-order valence-corrected chi connectivity index (χ3v) is 4.00. The molecule has 2 aromatic carbocycles. The molecule has 1 N–H and O–H groups in total. The van der Waals surface area contributed by atoms with Gasteiger partial charge in [0.1, 0.15) is 24.2 Å². The Balaban J connectivity index is 1.88. The number of rotatable bonds is 10. The number of para-hydroxylation sites is 1. The predicted molar refractivity (Wildman–Crippen MR) is 101 cm³/mol. The molecule has 2 aromatic rings. The predicted octanol–water partition coefficient (Wildman–Crippen LogP) is 3.78. The highest BCUT2D eigenvalue weighted by molar-refractivity contribution is 6.32. The summed E-state index contributed by atoms with van der Waals surface area (Å²) in [5.74, 6) is 1.40. The van der Waals surface area contributed by atoms with Crippen LogP contribution in [0.5, 0.6) is 11.5 Å². The third kappa shape index (κ3) is 6.42. The first-order chi connectivity index (χ1) is 12.1. The minimum absolute atomic E-state index is 0.181. The minimum atomic E-state index is -0.630. The number of aliphatic hydroxyl groups is 1. The van der Waals surface area contributed by atoms with Crippen molar-refractivity contribution in [1.82, 2.24) is 4.90 Å². The molecule has 0 aliphatic rings. The Hall–Kier alpha value is -2.01. The molecular weight excluding hydrogens is 338 g/mol. The van der Waals surface area contributed by atoms with E-state index in [0.29, 0.717) is 30.4 Å². The van der Waals surface area contributed by atoms with Crippen LogP contribution in [0.15, 0.2) is 61.2 Å². The van der Waals surface area contributed by atoms with Crippen LogP contribution in [0, 0.1) is 0 Å². The zero-order valence-electron chi connectivity index (χ0n) is 14.4. The van der Waals surface area contributed by atoms with Crippen molar-refractivity contribution in [2.45, 2.75) is 12.6 Å². The average Bonchev–Trinajstić information content (AvgIpc) is 2.62. The molecule has 0 aromatic heterocycles. The molecule has 2 rings (SSSR count). The summed E-state index contributed by atoms with van der Waals surface area (Å²) in [5, 5.41) is 10.8. The number of hydrogen-bond donors (Lipinski definition) is 1. The summed E-state index contributed by atoms with van der Waals surface area (Å²) in [7, 11) is 1.65. The molecule has 0 amide bonds. The summed E-state index contributed by atoms with van der Waals surface area (Å²) in [5.41, 5.74) is 1.14. The second-order valence-corrected chi connectivity index (χ2v) is 6.13. The van der Waals surface area contributed by atoms with Gasteiger partial charge in [-0.05, 0) is 29.8 Å². The highest BCUT2D eigenvalue weighted by atomic mass is 35.5. The monoisotopic (exact) mass is 361 g/mol. The molecule has 0 saturated heterocycles. The normalized spacial score (nSPS) is 12.0. The molecule has 5 heteroatoms. The van der Waals surface area contributed by atoms with Crippen molar-refractivity contribution in [3.63, 3.8) is 0 Å². The summed E-state index contributed by atoms with van der Waals surface area (Å²) >= 11 is 6.05. The molecule has 4 nitrogen and oxygen atoms in total. The second kappa shape index (κ2) is 10.1. The van der Waals surface area contributed by atoms with Crippen molar-refractivity contribution >= 4 is 11.6 Å². The van der Waals surface area contributed by atoms with Crippen LogP contribution >= 0.6 is 11.6 Å². The van der Waals surface area contributed by atoms with Crippen LogP contribution in [0.1, 0.15) is 5.56 Å². The fraction of sp³-hybridized carbons (Fsp3) is 0.300. The highest BCUT2D eigenvalue weighted by Crippen LogP contribution is 2.23. The van der Waals surface area contributed by atoms with E-state index in [1.807, 2.05) is 42.5 Å². The summed E-state index contributed by atoms with van der Waals surface area (Å²) in [4.78, 5) is 2.11. The van der Waals surface area contributed by atoms with Crippen molar-refractivity contribution in [3.05, 3.63) is 71.8 Å². The van der Waals surface area contributed by atoms with Crippen LogP contribution in [0.25, 0.3) is 0 Å². The lowest BCUT2D eigenvalue weighted by molar-refractivity contribution is 0.0697. The fourth-order valence-corrected chi connectivity index (χ4v) is 2.66. The van der Waals surface area contributed by atoms with Crippen LogP contribution < -0.4 is 9.47 Å². The number of ether oxygens (including phenoxy) is 2. The van der Waals surface area contributed by atoms with Crippen LogP contribution in [-0.2, 0) is 6.54 Å². The molecular formula is C20H24ClNO3. The average molecular weight is 362 g/mol. The van der Waals surface area contributed by atoms with Gasteiger partial charge in [-0.15, -0.1) is 6.58 Å². The standard InChI is InChI=1S/C20H24ClNO3/c1-3-12-22(13-16-8-10-18(24-2)11-9-16)14-17(23)15-25-20-7-5-4-6-19(20)21/h3-11,17,23H,1,12-15H2,2H3. The van der Waals surface area contributed by atoms with E-state index in [-0.39, 0.29) is 6.61 Å². The molecule has 0 aliphatic carbocycles. The zero-order valence-corrected chi connectivity index (χ0v) is 15.2. The number of nitrogens with zero attached hydrogens (tertiary/aromatic N) is 1. The van der Waals surface area contributed by atoms with E-state index in [1.54, 1.807) is 19.2 Å². The van der Waals surface area contributed by atoms with Crippen molar-refractivity contribution in [2.75, 3.05) is 26.8 Å². The maximum Gasteiger partial charge on any atom is 0.138 e.